The first-order valence-corrected chi connectivity index (χ1v) is 18.2. The van der Waals surface area contributed by atoms with Gasteiger partial charge in [-0.3, -0.25) is 9.42 Å². The summed E-state index contributed by atoms with van der Waals surface area (Å²) in [5.41, 5.74) is 4.56. The molecule has 2 aliphatic rings. The van der Waals surface area contributed by atoms with E-state index < -0.39 is 20.5 Å². The Balaban J connectivity index is 1.07. The number of carbonyl (C=O) groups is 1. The fourth-order valence-electron chi connectivity index (χ4n) is 6.53. The van der Waals surface area contributed by atoms with Crippen LogP contribution < -0.4 is 14.4 Å². The number of rotatable bonds is 7. The number of nitrogens with one attached hydrogen (secondary N) is 1. The highest BCUT2D eigenvalue weighted by Gasteiger charge is 2.36. The molecule has 12 heteroatoms. The van der Waals surface area contributed by atoms with E-state index in [2.05, 4.69) is 72.0 Å². The molecule has 0 saturated carbocycles. The second-order valence-corrected chi connectivity index (χ2v) is 16.4. The van der Waals surface area contributed by atoms with Gasteiger partial charge in [0.05, 0.1) is 22.2 Å². The van der Waals surface area contributed by atoms with Crippen molar-refractivity contribution in [3.05, 3.63) is 88.6 Å². The molecule has 1 saturated heterocycles. The SMILES string of the molecule is CC1(C)C=Cc2c(c(/C=C/C(=O)N3CCC(COc4no[n+]([O-])c4S(=O)(=O)c4ccccc4)CC3)cc3c2[nH]c2ccc(C(C)(C)C)cc23)O1. The van der Waals surface area contributed by atoms with Crippen LogP contribution in [0.15, 0.2) is 81.3 Å². The summed E-state index contributed by atoms with van der Waals surface area (Å²) in [6.45, 7) is 11.7. The van der Waals surface area contributed by atoms with Crippen LogP contribution in [0.4, 0.5) is 0 Å². The van der Waals surface area contributed by atoms with Crippen molar-refractivity contribution in [3.63, 3.8) is 0 Å². The first-order chi connectivity index (χ1) is 23.7. The van der Waals surface area contributed by atoms with Gasteiger partial charge in [0.15, 0.2) is 0 Å². The van der Waals surface area contributed by atoms with Gasteiger partial charge < -0.3 is 24.6 Å². The number of nitrogens with zero attached hydrogens (tertiary/aromatic N) is 3. The van der Waals surface area contributed by atoms with Gasteiger partial charge in [-0.1, -0.05) is 45.0 Å². The standard InChI is InChI=1S/C38H40N4O7S/c1-37(2,3)26-12-13-31-29(22-26)30-21-25(34-28(33(30)39-31)15-18-38(4,5)48-34)11-14-32(43)41-19-16-24(17-20-41)23-47-35-36(42(44)49-40-35)50(45,46)27-9-7-6-8-10-27/h6-15,18,21-22,24,39H,16-17,19-20,23H2,1-5H3/b14-11+. The zero-order valence-electron chi connectivity index (χ0n) is 28.7. The molecule has 0 atom stereocenters. The lowest BCUT2D eigenvalue weighted by Crippen LogP contribution is -2.39. The topological polar surface area (TPSA) is 142 Å². The van der Waals surface area contributed by atoms with Crippen LogP contribution in [-0.4, -0.2) is 54.7 Å². The number of amides is 1. The van der Waals surface area contributed by atoms with Gasteiger partial charge in [-0.15, -0.1) is 0 Å². The molecule has 0 bridgehead atoms. The number of piperidine rings is 1. The van der Waals surface area contributed by atoms with Crippen LogP contribution in [-0.2, 0) is 20.0 Å². The summed E-state index contributed by atoms with van der Waals surface area (Å²) in [5, 5.41) is 17.3. The molecule has 7 rings (SSSR count). The number of benzene rings is 3. The summed E-state index contributed by atoms with van der Waals surface area (Å²) in [4.78, 5) is 18.6. The van der Waals surface area contributed by atoms with Crippen molar-refractivity contribution in [2.24, 2.45) is 5.92 Å². The van der Waals surface area contributed by atoms with Crippen molar-refractivity contribution in [2.45, 2.75) is 68.4 Å². The maximum Gasteiger partial charge on any atom is 0.414 e. The number of aromatic amines is 1. The first-order valence-electron chi connectivity index (χ1n) is 16.7. The van der Waals surface area contributed by atoms with Gasteiger partial charge in [0, 0.05) is 46.6 Å². The normalized spacial score (nSPS) is 16.6. The van der Waals surface area contributed by atoms with Gasteiger partial charge >= 0.3 is 10.9 Å². The average molecular weight is 697 g/mol. The van der Waals surface area contributed by atoms with E-state index in [1.807, 2.05) is 19.9 Å². The molecule has 50 heavy (non-hydrogen) atoms. The molecule has 2 aromatic heterocycles. The Labute approximate surface area is 290 Å². The minimum Gasteiger partial charge on any atom is -0.482 e. The molecule has 260 valence electrons. The van der Waals surface area contributed by atoms with Gasteiger partial charge in [-0.05, 0) is 97.0 Å². The van der Waals surface area contributed by atoms with E-state index in [0.717, 1.165) is 38.7 Å². The molecule has 2 aliphatic heterocycles. The Morgan fingerprint density at radius 1 is 1.12 bits per heavy atom. The number of likely N-dealkylation sites (tertiary alicyclic amines) is 1. The zero-order chi connectivity index (χ0) is 35.4. The minimum absolute atomic E-state index is 0.00460. The molecule has 0 spiro atoms. The Morgan fingerprint density at radius 2 is 1.86 bits per heavy atom. The number of carbonyl (C=O) groups excluding carboxylic acids is 1. The van der Waals surface area contributed by atoms with Crippen LogP contribution in [0.3, 0.4) is 0 Å². The summed E-state index contributed by atoms with van der Waals surface area (Å²) in [7, 11) is -4.21. The van der Waals surface area contributed by atoms with Crippen LogP contribution in [0.25, 0.3) is 34.0 Å². The maximum absolute atomic E-state index is 13.4. The summed E-state index contributed by atoms with van der Waals surface area (Å²) < 4.78 is 42.9. The number of sulfone groups is 1. The van der Waals surface area contributed by atoms with Crippen molar-refractivity contribution in [2.75, 3.05) is 19.7 Å². The predicted octanol–water partition coefficient (Wildman–Crippen LogP) is 6.59. The summed E-state index contributed by atoms with van der Waals surface area (Å²) >= 11 is 0. The van der Waals surface area contributed by atoms with Crippen molar-refractivity contribution in [1.82, 2.24) is 15.0 Å². The maximum atomic E-state index is 13.4. The molecular formula is C38H40N4O7S. The lowest BCUT2D eigenvalue weighted by Gasteiger charge is -2.31. The number of aromatic nitrogens is 3. The molecule has 11 nitrogen and oxygen atoms in total. The summed E-state index contributed by atoms with van der Waals surface area (Å²) in [6.07, 6.45) is 8.86. The van der Waals surface area contributed by atoms with Gasteiger partial charge in [-0.2, -0.15) is 0 Å². The Hall–Kier alpha value is -5.10. The molecule has 1 amide bonds. The lowest BCUT2D eigenvalue weighted by atomic mass is 9.86. The van der Waals surface area contributed by atoms with Gasteiger partial charge in [0.2, 0.25) is 5.91 Å². The monoisotopic (exact) mass is 696 g/mol. The van der Waals surface area contributed by atoms with Crippen LogP contribution >= 0.6 is 0 Å². The van der Waals surface area contributed by atoms with E-state index in [1.165, 1.54) is 17.7 Å². The van der Waals surface area contributed by atoms with Crippen molar-refractivity contribution >= 4 is 49.7 Å². The predicted molar refractivity (Wildman–Crippen MR) is 189 cm³/mol. The number of hydrogen-bond donors (Lipinski definition) is 1. The molecule has 5 aromatic rings. The molecule has 1 fully saturated rings. The average Bonchev–Trinajstić information content (AvgIpc) is 3.65. The van der Waals surface area contributed by atoms with Gasteiger partial charge in [0.1, 0.15) is 11.4 Å². The van der Waals surface area contributed by atoms with Crippen molar-refractivity contribution < 1.29 is 32.2 Å². The zero-order valence-corrected chi connectivity index (χ0v) is 29.5. The fourth-order valence-corrected chi connectivity index (χ4v) is 7.83. The largest absolute Gasteiger partial charge is 0.482 e. The number of H-pyrrole nitrogens is 1. The Morgan fingerprint density at radius 3 is 2.58 bits per heavy atom. The summed E-state index contributed by atoms with van der Waals surface area (Å²) in [6, 6.07) is 16.2. The third kappa shape index (κ3) is 6.24. The van der Waals surface area contributed by atoms with Crippen molar-refractivity contribution in [3.8, 4) is 11.6 Å². The summed E-state index contributed by atoms with van der Waals surface area (Å²) in [5.74, 6) is 0.255. The second-order valence-electron chi connectivity index (χ2n) is 14.6. The van der Waals surface area contributed by atoms with E-state index >= 15 is 0 Å². The Bertz CT molecular complexity index is 2270. The van der Waals surface area contributed by atoms with Crippen molar-refractivity contribution in [1.29, 1.82) is 0 Å². The molecule has 0 unspecified atom stereocenters. The minimum atomic E-state index is -4.21. The molecular weight excluding hydrogens is 657 g/mol. The van der Waals surface area contributed by atoms with Gasteiger partial charge in [0.25, 0.3) is 9.84 Å². The highest BCUT2D eigenvalue weighted by molar-refractivity contribution is 7.91. The van der Waals surface area contributed by atoms with Crippen LogP contribution in [0.5, 0.6) is 11.6 Å². The van der Waals surface area contributed by atoms with Gasteiger partial charge in [-0.25, -0.2) is 8.42 Å². The lowest BCUT2D eigenvalue weighted by molar-refractivity contribution is -0.832. The van der Waals surface area contributed by atoms with E-state index in [-0.39, 0.29) is 39.5 Å². The first kappa shape index (κ1) is 33.4. The Kier molecular flexibility index (Phi) is 8.25. The smallest absolute Gasteiger partial charge is 0.414 e. The third-order valence-corrected chi connectivity index (χ3v) is 11.2. The van der Waals surface area contributed by atoms with E-state index in [4.69, 9.17) is 9.47 Å². The second kappa shape index (κ2) is 12.3. The molecule has 0 aliphatic carbocycles. The van der Waals surface area contributed by atoms with E-state index in [0.29, 0.717) is 25.9 Å². The van der Waals surface area contributed by atoms with E-state index in [1.54, 1.807) is 29.2 Å². The van der Waals surface area contributed by atoms with Crippen LogP contribution in [0.2, 0.25) is 0 Å². The number of fused-ring (bicyclic) bond motifs is 5. The third-order valence-electron chi connectivity index (χ3n) is 9.44. The molecule has 0 radical (unpaired) electrons. The molecule has 4 heterocycles. The molecule has 1 N–H and O–H groups in total. The van der Waals surface area contributed by atoms with Crippen LogP contribution in [0, 0.1) is 11.1 Å². The highest BCUT2D eigenvalue weighted by atomic mass is 32.2. The molecule has 3 aromatic carbocycles. The number of ether oxygens (including phenoxy) is 2. The highest BCUT2D eigenvalue weighted by Crippen LogP contribution is 2.42. The van der Waals surface area contributed by atoms with Crippen LogP contribution in [0.1, 0.15) is 64.2 Å². The number of hydrogen-bond acceptors (Lipinski definition) is 8. The quantitative estimate of drug-likeness (QED) is 0.149. The van der Waals surface area contributed by atoms with E-state index in [9.17, 15) is 18.4 Å². The fraction of sp³-hybridized carbons (Fsp3) is 0.342.